The maximum Gasteiger partial charge on any atom is 0.249 e. The molecule has 1 aliphatic rings. The van der Waals surface area contributed by atoms with Crippen LogP contribution in [0.3, 0.4) is 0 Å². The Bertz CT molecular complexity index is 490. The Morgan fingerprint density at radius 2 is 2.16 bits per heavy atom. The normalized spacial score (nSPS) is 18.3. The van der Waals surface area contributed by atoms with Crippen LogP contribution in [0.25, 0.3) is 0 Å². The van der Waals surface area contributed by atoms with Gasteiger partial charge >= 0.3 is 0 Å². The fraction of sp³-hybridized carbons (Fsp3) is 0.467. The van der Waals surface area contributed by atoms with E-state index in [1.165, 1.54) is 0 Å². The Labute approximate surface area is 113 Å². The van der Waals surface area contributed by atoms with Gasteiger partial charge in [-0.2, -0.15) is 0 Å². The number of hydrogen-bond acceptors (Lipinski definition) is 3. The average molecular weight is 261 g/mol. The Balaban J connectivity index is 1.93. The second-order valence-corrected chi connectivity index (χ2v) is 4.96. The standard InChI is InChI=1S/C15H19NO3/c1-10-5-6-11(2)12(8-10)13(17)9-16-15(18)14-4-3-7-19-14/h5-6,8,14H,3-4,7,9H2,1-2H3,(H,16,18). The number of ketones is 1. The van der Waals surface area contributed by atoms with Gasteiger partial charge in [-0.15, -0.1) is 0 Å². The number of Topliss-reactive ketones (excluding diaryl/α,β-unsaturated/α-hetero) is 1. The molecule has 1 aliphatic heterocycles. The third-order valence-electron chi connectivity index (χ3n) is 3.34. The van der Waals surface area contributed by atoms with Crippen molar-refractivity contribution in [1.29, 1.82) is 0 Å². The summed E-state index contributed by atoms with van der Waals surface area (Å²) < 4.78 is 5.27. The van der Waals surface area contributed by atoms with Crippen LogP contribution in [-0.4, -0.2) is 30.9 Å². The predicted molar refractivity (Wildman–Crippen MR) is 72.2 cm³/mol. The SMILES string of the molecule is Cc1ccc(C)c(C(=O)CNC(=O)C2CCCO2)c1. The Morgan fingerprint density at radius 1 is 1.37 bits per heavy atom. The van der Waals surface area contributed by atoms with Crippen molar-refractivity contribution >= 4 is 11.7 Å². The van der Waals surface area contributed by atoms with E-state index in [2.05, 4.69) is 5.32 Å². The molecule has 19 heavy (non-hydrogen) atoms. The zero-order valence-electron chi connectivity index (χ0n) is 11.4. The van der Waals surface area contributed by atoms with Crippen molar-refractivity contribution in [2.45, 2.75) is 32.8 Å². The van der Waals surface area contributed by atoms with Gasteiger partial charge in [-0.05, 0) is 38.3 Å². The van der Waals surface area contributed by atoms with Crippen molar-refractivity contribution in [3.63, 3.8) is 0 Å². The number of rotatable bonds is 4. The van der Waals surface area contributed by atoms with E-state index in [9.17, 15) is 9.59 Å². The van der Waals surface area contributed by atoms with Crippen molar-refractivity contribution < 1.29 is 14.3 Å². The molecule has 2 rings (SSSR count). The van der Waals surface area contributed by atoms with Crippen LogP contribution in [0.4, 0.5) is 0 Å². The number of benzene rings is 1. The summed E-state index contributed by atoms with van der Waals surface area (Å²) in [4.78, 5) is 23.8. The summed E-state index contributed by atoms with van der Waals surface area (Å²) in [6.45, 7) is 4.50. The summed E-state index contributed by atoms with van der Waals surface area (Å²) in [6, 6.07) is 5.75. The Morgan fingerprint density at radius 3 is 2.84 bits per heavy atom. The quantitative estimate of drug-likeness (QED) is 0.841. The molecule has 1 unspecified atom stereocenters. The van der Waals surface area contributed by atoms with E-state index in [0.29, 0.717) is 12.2 Å². The molecule has 0 spiro atoms. The molecule has 1 aromatic rings. The van der Waals surface area contributed by atoms with E-state index in [1.807, 2.05) is 32.0 Å². The number of ether oxygens (including phenoxy) is 1. The van der Waals surface area contributed by atoms with Gasteiger partial charge in [0.2, 0.25) is 5.91 Å². The first-order valence-electron chi connectivity index (χ1n) is 6.57. The Kier molecular flexibility index (Phi) is 4.32. The molecule has 0 aromatic heterocycles. The molecule has 0 aliphatic carbocycles. The first-order chi connectivity index (χ1) is 9.08. The van der Waals surface area contributed by atoms with E-state index in [1.54, 1.807) is 0 Å². The number of nitrogens with one attached hydrogen (secondary N) is 1. The lowest BCUT2D eigenvalue weighted by molar-refractivity contribution is -0.129. The largest absolute Gasteiger partial charge is 0.368 e. The third-order valence-corrected chi connectivity index (χ3v) is 3.34. The van der Waals surface area contributed by atoms with E-state index in [4.69, 9.17) is 4.74 Å². The van der Waals surface area contributed by atoms with Crippen LogP contribution in [0.5, 0.6) is 0 Å². The van der Waals surface area contributed by atoms with Crippen LogP contribution in [-0.2, 0) is 9.53 Å². The molecule has 1 fully saturated rings. The third kappa shape index (κ3) is 3.41. The smallest absolute Gasteiger partial charge is 0.249 e. The second-order valence-electron chi connectivity index (χ2n) is 4.96. The van der Waals surface area contributed by atoms with Gasteiger partial charge in [0.15, 0.2) is 5.78 Å². The fourth-order valence-electron chi connectivity index (χ4n) is 2.20. The maximum absolute atomic E-state index is 12.1. The summed E-state index contributed by atoms with van der Waals surface area (Å²) >= 11 is 0. The summed E-state index contributed by atoms with van der Waals surface area (Å²) in [5, 5.41) is 2.66. The summed E-state index contributed by atoms with van der Waals surface area (Å²) in [7, 11) is 0. The molecule has 4 nitrogen and oxygen atoms in total. The minimum atomic E-state index is -0.383. The van der Waals surface area contributed by atoms with E-state index in [-0.39, 0.29) is 24.3 Å². The average Bonchev–Trinajstić information content (AvgIpc) is 2.92. The number of amides is 1. The van der Waals surface area contributed by atoms with Crippen LogP contribution in [0.1, 0.15) is 34.3 Å². The van der Waals surface area contributed by atoms with Crippen LogP contribution < -0.4 is 5.32 Å². The molecule has 1 heterocycles. The number of carbonyl (C=O) groups is 2. The number of carbonyl (C=O) groups excluding carboxylic acids is 2. The monoisotopic (exact) mass is 261 g/mol. The first-order valence-corrected chi connectivity index (χ1v) is 6.57. The maximum atomic E-state index is 12.1. The molecule has 4 heteroatoms. The molecule has 0 radical (unpaired) electrons. The molecule has 1 aromatic carbocycles. The van der Waals surface area contributed by atoms with Gasteiger partial charge in [-0.25, -0.2) is 0 Å². The molecule has 102 valence electrons. The highest BCUT2D eigenvalue weighted by atomic mass is 16.5. The molecule has 1 amide bonds. The molecule has 0 bridgehead atoms. The minimum absolute atomic E-state index is 0.0307. The van der Waals surface area contributed by atoms with E-state index >= 15 is 0 Å². The van der Waals surface area contributed by atoms with Crippen molar-refractivity contribution in [3.8, 4) is 0 Å². The van der Waals surface area contributed by atoms with Crippen molar-refractivity contribution in [3.05, 3.63) is 34.9 Å². The topological polar surface area (TPSA) is 55.4 Å². The lowest BCUT2D eigenvalue weighted by Crippen LogP contribution is -2.37. The van der Waals surface area contributed by atoms with Gasteiger partial charge < -0.3 is 10.1 Å². The lowest BCUT2D eigenvalue weighted by Gasteiger charge is -2.11. The highest BCUT2D eigenvalue weighted by Crippen LogP contribution is 2.13. The summed E-state index contributed by atoms with van der Waals surface area (Å²) in [5.74, 6) is -0.247. The fourth-order valence-corrected chi connectivity index (χ4v) is 2.20. The predicted octanol–water partition coefficient (Wildman–Crippen LogP) is 1.78. The number of aryl methyl sites for hydroxylation is 2. The molecular weight excluding hydrogens is 242 g/mol. The van der Waals surface area contributed by atoms with Crippen LogP contribution in [0.15, 0.2) is 18.2 Å². The zero-order valence-corrected chi connectivity index (χ0v) is 11.4. The first kappa shape index (κ1) is 13.7. The van der Waals surface area contributed by atoms with E-state index in [0.717, 1.165) is 24.0 Å². The van der Waals surface area contributed by atoms with Gasteiger partial charge in [0.1, 0.15) is 6.10 Å². The van der Waals surface area contributed by atoms with Gasteiger partial charge in [-0.1, -0.05) is 17.7 Å². The van der Waals surface area contributed by atoms with E-state index < -0.39 is 0 Å². The van der Waals surface area contributed by atoms with Crippen molar-refractivity contribution in [2.24, 2.45) is 0 Å². The van der Waals surface area contributed by atoms with Crippen molar-refractivity contribution in [1.82, 2.24) is 5.32 Å². The summed E-state index contributed by atoms with van der Waals surface area (Å²) in [5.41, 5.74) is 2.65. The zero-order chi connectivity index (χ0) is 13.8. The van der Waals surface area contributed by atoms with Crippen LogP contribution in [0.2, 0.25) is 0 Å². The van der Waals surface area contributed by atoms with Crippen LogP contribution in [0, 0.1) is 13.8 Å². The molecular formula is C15H19NO3. The number of hydrogen-bond donors (Lipinski definition) is 1. The second kappa shape index (κ2) is 5.97. The lowest BCUT2D eigenvalue weighted by atomic mass is 10.0. The molecule has 1 atom stereocenters. The minimum Gasteiger partial charge on any atom is -0.368 e. The highest BCUT2D eigenvalue weighted by molar-refractivity contribution is 6.00. The van der Waals surface area contributed by atoms with Crippen molar-refractivity contribution in [2.75, 3.05) is 13.2 Å². The Hall–Kier alpha value is -1.68. The van der Waals surface area contributed by atoms with Gasteiger partial charge in [0, 0.05) is 12.2 Å². The molecule has 0 saturated carbocycles. The van der Waals surface area contributed by atoms with Crippen LogP contribution >= 0.6 is 0 Å². The highest BCUT2D eigenvalue weighted by Gasteiger charge is 2.23. The summed E-state index contributed by atoms with van der Waals surface area (Å²) in [6.07, 6.45) is 1.26. The van der Waals surface area contributed by atoms with Gasteiger partial charge in [-0.3, -0.25) is 9.59 Å². The van der Waals surface area contributed by atoms with Gasteiger partial charge in [0.25, 0.3) is 0 Å². The molecule has 1 saturated heterocycles. The van der Waals surface area contributed by atoms with Gasteiger partial charge in [0.05, 0.1) is 6.54 Å². The molecule has 1 N–H and O–H groups in total.